The summed E-state index contributed by atoms with van der Waals surface area (Å²) in [6.45, 7) is 5.06. The fourth-order valence-corrected chi connectivity index (χ4v) is 2.97. The third-order valence-electron chi connectivity index (χ3n) is 4.43. The van der Waals surface area contributed by atoms with E-state index >= 15 is 0 Å². The summed E-state index contributed by atoms with van der Waals surface area (Å²) in [5.74, 6) is 0.967. The Hall–Kier alpha value is -2.28. The number of hydrogen-bond acceptors (Lipinski definition) is 5. The number of aromatic nitrogens is 2. The summed E-state index contributed by atoms with van der Waals surface area (Å²) < 4.78 is 18.2. The van der Waals surface area contributed by atoms with E-state index in [0.29, 0.717) is 23.8 Å². The largest absolute Gasteiger partial charge is 0.356 e. The molecule has 7 heteroatoms. The Balaban J connectivity index is 1.51. The minimum Gasteiger partial charge on any atom is -0.356 e. The van der Waals surface area contributed by atoms with Gasteiger partial charge in [0, 0.05) is 18.0 Å². The molecule has 1 aromatic heterocycles. The molecule has 1 aromatic carbocycles. The molecule has 6 nitrogen and oxygen atoms in total. The first-order chi connectivity index (χ1) is 12.2. The summed E-state index contributed by atoms with van der Waals surface area (Å²) >= 11 is 0. The van der Waals surface area contributed by atoms with Gasteiger partial charge in [-0.2, -0.15) is 4.98 Å². The molecule has 1 amide bonds. The van der Waals surface area contributed by atoms with Crippen LogP contribution in [0.1, 0.15) is 32.0 Å². The third kappa shape index (κ3) is 4.63. The number of halogens is 1. The van der Waals surface area contributed by atoms with E-state index in [1.165, 1.54) is 12.1 Å². The molecule has 2 aromatic rings. The van der Waals surface area contributed by atoms with Gasteiger partial charge < -0.3 is 9.84 Å². The van der Waals surface area contributed by atoms with Crippen LogP contribution < -0.4 is 5.32 Å². The molecular formula is C18H23FN4O2. The Morgan fingerprint density at radius 2 is 2.04 bits per heavy atom. The van der Waals surface area contributed by atoms with Crippen molar-refractivity contribution in [3.05, 3.63) is 35.9 Å². The predicted molar refractivity (Wildman–Crippen MR) is 91.0 cm³/mol. The van der Waals surface area contributed by atoms with Gasteiger partial charge in [-0.05, 0) is 56.6 Å². The summed E-state index contributed by atoms with van der Waals surface area (Å²) in [4.78, 5) is 18.6. The molecule has 1 N–H and O–H groups in total. The number of hydrogen-bond donors (Lipinski definition) is 1. The average Bonchev–Trinajstić information content (AvgIpc) is 3.09. The van der Waals surface area contributed by atoms with Gasteiger partial charge in [0.15, 0.2) is 5.82 Å². The van der Waals surface area contributed by atoms with Gasteiger partial charge in [-0.3, -0.25) is 9.69 Å². The van der Waals surface area contributed by atoms with Crippen molar-refractivity contribution < 1.29 is 13.7 Å². The molecular weight excluding hydrogens is 323 g/mol. The maximum Gasteiger partial charge on any atom is 0.257 e. The number of nitrogens with one attached hydrogen (secondary N) is 1. The minimum absolute atomic E-state index is 0.0999. The molecule has 0 saturated carbocycles. The highest BCUT2D eigenvalue weighted by Crippen LogP contribution is 2.21. The Labute approximate surface area is 146 Å². The van der Waals surface area contributed by atoms with E-state index in [9.17, 15) is 9.18 Å². The van der Waals surface area contributed by atoms with E-state index in [0.717, 1.165) is 38.9 Å². The molecule has 1 fully saturated rings. The number of nitrogens with zero attached hydrogens (tertiary/aromatic N) is 3. The van der Waals surface area contributed by atoms with Gasteiger partial charge >= 0.3 is 0 Å². The SMILES string of the molecule is CCCNC(=O)C1CCN(Cc2noc(-c3ccc(F)cc3)n2)CC1. The maximum atomic E-state index is 13.0. The van der Waals surface area contributed by atoms with Crippen LogP contribution in [0.2, 0.25) is 0 Å². The zero-order valence-electron chi connectivity index (χ0n) is 14.4. The summed E-state index contributed by atoms with van der Waals surface area (Å²) in [5, 5.41) is 6.97. The van der Waals surface area contributed by atoms with E-state index in [-0.39, 0.29) is 17.6 Å². The Kier molecular flexibility index (Phi) is 5.75. The van der Waals surface area contributed by atoms with E-state index in [4.69, 9.17) is 4.52 Å². The topological polar surface area (TPSA) is 71.3 Å². The lowest BCUT2D eigenvalue weighted by molar-refractivity contribution is -0.126. The number of rotatable bonds is 6. The number of carbonyl (C=O) groups is 1. The first kappa shape index (κ1) is 17.5. The van der Waals surface area contributed by atoms with Crippen molar-refractivity contribution in [2.75, 3.05) is 19.6 Å². The van der Waals surface area contributed by atoms with Crippen LogP contribution >= 0.6 is 0 Å². The molecule has 0 radical (unpaired) electrons. The second-order valence-corrected chi connectivity index (χ2v) is 6.36. The molecule has 0 atom stereocenters. The second kappa shape index (κ2) is 8.20. The van der Waals surface area contributed by atoms with Crippen LogP contribution in [0.4, 0.5) is 4.39 Å². The molecule has 0 bridgehead atoms. The van der Waals surface area contributed by atoms with Crippen LogP contribution in [0.5, 0.6) is 0 Å². The lowest BCUT2D eigenvalue weighted by atomic mass is 9.96. The van der Waals surface area contributed by atoms with Crippen molar-refractivity contribution in [2.24, 2.45) is 5.92 Å². The van der Waals surface area contributed by atoms with Crippen molar-refractivity contribution in [3.63, 3.8) is 0 Å². The number of carbonyl (C=O) groups excluding carboxylic acids is 1. The molecule has 3 rings (SSSR count). The molecule has 25 heavy (non-hydrogen) atoms. The fourth-order valence-electron chi connectivity index (χ4n) is 2.97. The lowest BCUT2D eigenvalue weighted by Crippen LogP contribution is -2.40. The van der Waals surface area contributed by atoms with Crippen LogP contribution in [-0.4, -0.2) is 40.6 Å². The molecule has 134 valence electrons. The predicted octanol–water partition coefficient (Wildman–Crippen LogP) is 2.61. The standard InChI is InChI=1S/C18H23FN4O2/c1-2-9-20-17(24)13-7-10-23(11-8-13)12-16-21-18(25-22-16)14-3-5-15(19)6-4-14/h3-6,13H,2,7-12H2,1H3,(H,20,24). The zero-order chi connectivity index (χ0) is 17.6. The second-order valence-electron chi connectivity index (χ2n) is 6.36. The Morgan fingerprint density at radius 1 is 1.32 bits per heavy atom. The van der Waals surface area contributed by atoms with Crippen molar-refractivity contribution >= 4 is 5.91 Å². The van der Waals surface area contributed by atoms with Crippen LogP contribution in [-0.2, 0) is 11.3 Å². The molecule has 0 unspecified atom stereocenters. The Morgan fingerprint density at radius 3 is 2.72 bits per heavy atom. The van der Waals surface area contributed by atoms with Crippen molar-refractivity contribution in [1.82, 2.24) is 20.4 Å². The number of amides is 1. The molecule has 1 aliphatic rings. The van der Waals surface area contributed by atoms with Gasteiger partial charge in [-0.15, -0.1) is 0 Å². The monoisotopic (exact) mass is 346 g/mol. The van der Waals surface area contributed by atoms with Crippen LogP contribution in [0.25, 0.3) is 11.5 Å². The summed E-state index contributed by atoms with van der Waals surface area (Å²) in [6, 6.07) is 5.97. The number of piperidine rings is 1. The van der Waals surface area contributed by atoms with Crippen molar-refractivity contribution in [1.29, 1.82) is 0 Å². The van der Waals surface area contributed by atoms with Crippen molar-refractivity contribution in [2.45, 2.75) is 32.7 Å². The van der Waals surface area contributed by atoms with E-state index in [1.807, 2.05) is 6.92 Å². The highest BCUT2D eigenvalue weighted by molar-refractivity contribution is 5.78. The summed E-state index contributed by atoms with van der Waals surface area (Å²) in [5.41, 5.74) is 0.700. The minimum atomic E-state index is -0.297. The van der Waals surface area contributed by atoms with Gasteiger partial charge in [-0.1, -0.05) is 12.1 Å². The molecule has 0 spiro atoms. The fraction of sp³-hybridized carbons (Fsp3) is 0.500. The van der Waals surface area contributed by atoms with Gasteiger partial charge in [0.1, 0.15) is 5.82 Å². The van der Waals surface area contributed by atoms with Crippen molar-refractivity contribution in [3.8, 4) is 11.5 Å². The normalized spacial score (nSPS) is 16.1. The average molecular weight is 346 g/mol. The maximum absolute atomic E-state index is 13.0. The zero-order valence-corrected chi connectivity index (χ0v) is 14.4. The molecule has 1 aliphatic heterocycles. The number of likely N-dealkylation sites (tertiary alicyclic amines) is 1. The van der Waals surface area contributed by atoms with Gasteiger partial charge in [-0.25, -0.2) is 4.39 Å². The summed E-state index contributed by atoms with van der Waals surface area (Å²) in [7, 11) is 0. The Bertz CT molecular complexity index is 693. The van der Waals surface area contributed by atoms with Gasteiger partial charge in [0.2, 0.25) is 5.91 Å². The highest BCUT2D eigenvalue weighted by Gasteiger charge is 2.25. The first-order valence-corrected chi connectivity index (χ1v) is 8.74. The smallest absolute Gasteiger partial charge is 0.257 e. The van der Waals surface area contributed by atoms with E-state index in [1.54, 1.807) is 12.1 Å². The van der Waals surface area contributed by atoms with Crippen LogP contribution in [0, 0.1) is 11.7 Å². The number of benzene rings is 1. The molecule has 2 heterocycles. The summed E-state index contributed by atoms with van der Waals surface area (Å²) in [6.07, 6.45) is 2.65. The third-order valence-corrected chi connectivity index (χ3v) is 4.43. The van der Waals surface area contributed by atoms with E-state index in [2.05, 4.69) is 20.4 Å². The quantitative estimate of drug-likeness (QED) is 0.870. The van der Waals surface area contributed by atoms with Gasteiger partial charge in [0.05, 0.1) is 6.54 Å². The van der Waals surface area contributed by atoms with E-state index < -0.39 is 0 Å². The molecule has 1 saturated heterocycles. The van der Waals surface area contributed by atoms with Gasteiger partial charge in [0.25, 0.3) is 5.89 Å². The van der Waals surface area contributed by atoms with Crippen LogP contribution in [0.15, 0.2) is 28.8 Å². The van der Waals surface area contributed by atoms with Crippen LogP contribution in [0.3, 0.4) is 0 Å². The lowest BCUT2D eigenvalue weighted by Gasteiger charge is -2.30. The first-order valence-electron chi connectivity index (χ1n) is 8.74. The molecule has 0 aliphatic carbocycles. The highest BCUT2D eigenvalue weighted by atomic mass is 19.1.